The molecule has 2 N–H and O–H groups in total. The van der Waals surface area contributed by atoms with Gasteiger partial charge >= 0.3 is 0 Å². The Morgan fingerprint density at radius 2 is 1.97 bits per heavy atom. The van der Waals surface area contributed by atoms with E-state index in [-0.39, 0.29) is 5.91 Å². The van der Waals surface area contributed by atoms with Gasteiger partial charge in [0.05, 0.1) is 11.9 Å². The van der Waals surface area contributed by atoms with E-state index >= 15 is 0 Å². The molecule has 146 valence electrons. The molecule has 4 aromatic rings. The molecule has 0 saturated heterocycles. The Morgan fingerprint density at radius 3 is 2.86 bits per heavy atom. The van der Waals surface area contributed by atoms with Gasteiger partial charge in [0.25, 0.3) is 5.91 Å². The third-order valence-corrected chi connectivity index (χ3v) is 5.72. The van der Waals surface area contributed by atoms with Gasteiger partial charge in [-0.25, -0.2) is 4.68 Å². The number of aryl methyl sites for hydroxylation is 2. The van der Waals surface area contributed by atoms with Crippen molar-refractivity contribution in [2.45, 2.75) is 32.1 Å². The van der Waals surface area contributed by atoms with E-state index in [1.54, 1.807) is 0 Å². The van der Waals surface area contributed by atoms with E-state index in [1.807, 2.05) is 65.6 Å². The third kappa shape index (κ3) is 3.56. The van der Waals surface area contributed by atoms with Crippen molar-refractivity contribution in [3.8, 4) is 5.69 Å². The van der Waals surface area contributed by atoms with Crippen molar-refractivity contribution in [2.75, 3.05) is 6.54 Å². The summed E-state index contributed by atoms with van der Waals surface area (Å²) in [6, 6.07) is 16.0. The summed E-state index contributed by atoms with van der Waals surface area (Å²) in [6.07, 6.45) is 9.31. The van der Waals surface area contributed by atoms with Crippen molar-refractivity contribution in [3.63, 3.8) is 0 Å². The SMILES string of the molecule is O=C(NCCc1cnn(-c2ccccc2)c1)c1ccc2[nH]c3c(c2c1)CCCC3. The highest BCUT2D eigenvalue weighted by molar-refractivity contribution is 5.99. The molecule has 1 aliphatic carbocycles. The number of amides is 1. The number of hydrogen-bond acceptors (Lipinski definition) is 2. The highest BCUT2D eigenvalue weighted by Crippen LogP contribution is 2.29. The molecule has 0 atom stereocenters. The number of H-pyrrole nitrogens is 1. The molecule has 0 bridgehead atoms. The first-order valence-electron chi connectivity index (χ1n) is 10.3. The molecule has 0 aliphatic heterocycles. The van der Waals surface area contributed by atoms with Gasteiger partial charge in [-0.05, 0) is 73.6 Å². The van der Waals surface area contributed by atoms with E-state index in [0.29, 0.717) is 6.54 Å². The normalized spacial score (nSPS) is 13.4. The zero-order chi connectivity index (χ0) is 19.6. The maximum absolute atomic E-state index is 12.7. The standard InChI is InChI=1S/C24H24N4O/c29-24(18-10-11-23-21(14-18)20-8-4-5-9-22(20)27-23)25-13-12-17-15-26-28(16-17)19-6-2-1-3-7-19/h1-3,6-7,10-11,14-16,27H,4-5,8-9,12-13H2,(H,25,29). The molecule has 2 aromatic heterocycles. The highest BCUT2D eigenvalue weighted by atomic mass is 16.1. The zero-order valence-corrected chi connectivity index (χ0v) is 16.3. The number of rotatable bonds is 5. The Morgan fingerprint density at radius 1 is 1.10 bits per heavy atom. The predicted octanol–water partition coefficient (Wildman–Crippen LogP) is 4.20. The minimum absolute atomic E-state index is 0.0203. The fourth-order valence-electron chi connectivity index (χ4n) is 4.18. The Balaban J connectivity index is 1.24. The first-order valence-corrected chi connectivity index (χ1v) is 10.3. The van der Waals surface area contributed by atoms with E-state index in [9.17, 15) is 4.79 Å². The van der Waals surface area contributed by atoms with Crippen molar-refractivity contribution in [1.82, 2.24) is 20.1 Å². The topological polar surface area (TPSA) is 62.7 Å². The van der Waals surface area contributed by atoms with E-state index < -0.39 is 0 Å². The predicted molar refractivity (Wildman–Crippen MR) is 115 cm³/mol. The average molecular weight is 384 g/mol. The van der Waals surface area contributed by atoms with E-state index in [1.165, 1.54) is 29.5 Å². The molecule has 5 heteroatoms. The fourth-order valence-corrected chi connectivity index (χ4v) is 4.18. The number of carbonyl (C=O) groups is 1. The van der Waals surface area contributed by atoms with Gasteiger partial charge in [-0.2, -0.15) is 5.10 Å². The molecule has 5 nitrogen and oxygen atoms in total. The summed E-state index contributed by atoms with van der Waals surface area (Å²) in [5, 5.41) is 8.66. The molecule has 1 amide bonds. The zero-order valence-electron chi connectivity index (χ0n) is 16.3. The van der Waals surface area contributed by atoms with Crippen molar-refractivity contribution in [2.24, 2.45) is 0 Å². The summed E-state index contributed by atoms with van der Waals surface area (Å²) >= 11 is 0. The second-order valence-corrected chi connectivity index (χ2v) is 7.68. The van der Waals surface area contributed by atoms with Gasteiger partial charge in [-0.3, -0.25) is 4.79 Å². The van der Waals surface area contributed by atoms with Crippen LogP contribution in [-0.2, 0) is 19.3 Å². The number of nitrogens with zero attached hydrogens (tertiary/aromatic N) is 2. The van der Waals surface area contributed by atoms with Gasteiger partial charge in [-0.15, -0.1) is 0 Å². The first-order chi connectivity index (χ1) is 14.3. The number of fused-ring (bicyclic) bond motifs is 3. The van der Waals surface area contributed by atoms with Crippen LogP contribution in [0.25, 0.3) is 16.6 Å². The number of para-hydroxylation sites is 1. The van der Waals surface area contributed by atoms with Crippen LogP contribution in [0.2, 0.25) is 0 Å². The Kier molecular flexibility index (Phi) is 4.64. The van der Waals surface area contributed by atoms with Crippen LogP contribution in [0.15, 0.2) is 60.9 Å². The van der Waals surface area contributed by atoms with Gasteiger partial charge in [0, 0.05) is 34.9 Å². The number of benzene rings is 2. The Bertz CT molecular complexity index is 1160. The molecule has 0 saturated carbocycles. The van der Waals surface area contributed by atoms with Gasteiger partial charge in [0.15, 0.2) is 0 Å². The summed E-state index contributed by atoms with van der Waals surface area (Å²) < 4.78 is 1.86. The van der Waals surface area contributed by atoms with Crippen molar-refractivity contribution in [3.05, 3.63) is 83.3 Å². The molecule has 2 heterocycles. The summed E-state index contributed by atoms with van der Waals surface area (Å²) in [4.78, 5) is 16.2. The lowest BCUT2D eigenvalue weighted by Gasteiger charge is -2.10. The molecular formula is C24H24N4O. The van der Waals surface area contributed by atoms with Crippen molar-refractivity contribution >= 4 is 16.8 Å². The summed E-state index contributed by atoms with van der Waals surface area (Å²) in [7, 11) is 0. The van der Waals surface area contributed by atoms with E-state index in [4.69, 9.17) is 0 Å². The van der Waals surface area contributed by atoms with Crippen LogP contribution in [0.1, 0.15) is 40.0 Å². The number of hydrogen-bond donors (Lipinski definition) is 2. The van der Waals surface area contributed by atoms with Crippen LogP contribution in [0, 0.1) is 0 Å². The van der Waals surface area contributed by atoms with Crippen LogP contribution in [0.5, 0.6) is 0 Å². The molecule has 0 radical (unpaired) electrons. The summed E-state index contributed by atoms with van der Waals surface area (Å²) in [6.45, 7) is 0.586. The highest BCUT2D eigenvalue weighted by Gasteiger charge is 2.16. The molecule has 0 unspecified atom stereocenters. The minimum Gasteiger partial charge on any atom is -0.358 e. The van der Waals surface area contributed by atoms with Crippen molar-refractivity contribution in [1.29, 1.82) is 0 Å². The lowest BCUT2D eigenvalue weighted by atomic mass is 9.95. The first kappa shape index (κ1) is 17.7. The van der Waals surface area contributed by atoms with Crippen LogP contribution < -0.4 is 5.32 Å². The Labute approximate surface area is 169 Å². The molecule has 1 aliphatic rings. The minimum atomic E-state index is -0.0203. The lowest BCUT2D eigenvalue weighted by molar-refractivity contribution is 0.0954. The van der Waals surface area contributed by atoms with E-state index in [2.05, 4.69) is 15.4 Å². The van der Waals surface area contributed by atoms with Crippen LogP contribution in [-0.4, -0.2) is 27.2 Å². The fraction of sp³-hybridized carbons (Fsp3) is 0.250. The van der Waals surface area contributed by atoms with E-state index in [0.717, 1.165) is 41.6 Å². The molecule has 5 rings (SSSR count). The largest absolute Gasteiger partial charge is 0.358 e. The summed E-state index contributed by atoms with van der Waals surface area (Å²) in [5.74, 6) is -0.0203. The number of carbonyl (C=O) groups excluding carboxylic acids is 1. The summed E-state index contributed by atoms with van der Waals surface area (Å²) in [5.41, 5.74) is 6.75. The average Bonchev–Trinajstić information content (AvgIpc) is 3.38. The maximum atomic E-state index is 12.7. The lowest BCUT2D eigenvalue weighted by Crippen LogP contribution is -2.25. The number of nitrogens with one attached hydrogen (secondary N) is 2. The maximum Gasteiger partial charge on any atom is 0.251 e. The van der Waals surface area contributed by atoms with Gasteiger partial charge in [0.1, 0.15) is 0 Å². The van der Waals surface area contributed by atoms with Crippen LogP contribution >= 0.6 is 0 Å². The second-order valence-electron chi connectivity index (χ2n) is 7.68. The van der Waals surface area contributed by atoms with Crippen LogP contribution in [0.3, 0.4) is 0 Å². The molecular weight excluding hydrogens is 360 g/mol. The quantitative estimate of drug-likeness (QED) is 0.542. The van der Waals surface area contributed by atoms with Crippen LogP contribution in [0.4, 0.5) is 0 Å². The molecule has 29 heavy (non-hydrogen) atoms. The van der Waals surface area contributed by atoms with Crippen molar-refractivity contribution < 1.29 is 4.79 Å². The Hall–Kier alpha value is -3.34. The molecule has 0 fully saturated rings. The number of aromatic amines is 1. The molecule has 0 spiro atoms. The monoisotopic (exact) mass is 384 g/mol. The third-order valence-electron chi connectivity index (χ3n) is 5.72. The van der Waals surface area contributed by atoms with Gasteiger partial charge in [0.2, 0.25) is 0 Å². The second kappa shape index (κ2) is 7.59. The van der Waals surface area contributed by atoms with Gasteiger partial charge in [-0.1, -0.05) is 18.2 Å². The van der Waals surface area contributed by atoms with Gasteiger partial charge < -0.3 is 10.3 Å². The number of aromatic nitrogens is 3. The molecule has 2 aromatic carbocycles. The smallest absolute Gasteiger partial charge is 0.251 e.